The van der Waals surface area contributed by atoms with Gasteiger partial charge < -0.3 is 15.7 Å². The molecule has 1 atom stereocenters. The number of rotatable bonds is 2. The molecule has 0 amide bonds. The van der Waals surface area contributed by atoms with Crippen LogP contribution in [0.15, 0.2) is 4.99 Å². The van der Waals surface area contributed by atoms with E-state index in [2.05, 4.69) is 15.6 Å². The molecule has 1 rings (SSSR count). The van der Waals surface area contributed by atoms with Crippen LogP contribution in [0, 0.1) is 0 Å². The van der Waals surface area contributed by atoms with E-state index in [0.717, 1.165) is 25.5 Å². The van der Waals surface area contributed by atoms with Gasteiger partial charge >= 0.3 is 0 Å². The number of aliphatic imine (C=N–C) groups is 1. The minimum absolute atomic E-state index is 0.00292. The van der Waals surface area contributed by atoms with E-state index in [1.807, 2.05) is 6.92 Å². The Labute approximate surface area is 79.4 Å². The summed E-state index contributed by atoms with van der Waals surface area (Å²) in [4.78, 5) is 4.27. The van der Waals surface area contributed by atoms with Gasteiger partial charge in [0, 0.05) is 13.1 Å². The molecule has 0 saturated carbocycles. The molecule has 0 fully saturated rings. The van der Waals surface area contributed by atoms with Crippen LogP contribution in [0.25, 0.3) is 0 Å². The van der Waals surface area contributed by atoms with E-state index in [1.165, 1.54) is 0 Å². The molecule has 13 heavy (non-hydrogen) atoms. The highest BCUT2D eigenvalue weighted by Crippen LogP contribution is 2.07. The third-order valence-corrected chi connectivity index (χ3v) is 2.31. The standard InChI is InChI=1S/C9H19N3O/c1-7(9(2,3)13)12-8-10-5-4-6-11-8/h7,13H,4-6H2,1-3H3,(H2,10,11,12). The van der Waals surface area contributed by atoms with Crippen LogP contribution in [-0.2, 0) is 0 Å². The second-order valence-electron chi connectivity index (χ2n) is 4.03. The van der Waals surface area contributed by atoms with Crippen molar-refractivity contribution in [3.05, 3.63) is 0 Å². The predicted octanol–water partition coefficient (Wildman–Crippen LogP) is 0.0847. The van der Waals surface area contributed by atoms with Crippen LogP contribution in [0.3, 0.4) is 0 Å². The van der Waals surface area contributed by atoms with Crippen molar-refractivity contribution in [2.75, 3.05) is 13.1 Å². The maximum Gasteiger partial charge on any atom is 0.191 e. The Balaban J connectivity index is 2.43. The Morgan fingerprint density at radius 2 is 2.31 bits per heavy atom. The monoisotopic (exact) mass is 185 g/mol. The summed E-state index contributed by atoms with van der Waals surface area (Å²) >= 11 is 0. The molecule has 0 aliphatic carbocycles. The first-order chi connectivity index (χ1) is 6.00. The Hall–Kier alpha value is -0.770. The molecule has 4 nitrogen and oxygen atoms in total. The van der Waals surface area contributed by atoms with E-state index in [4.69, 9.17) is 0 Å². The number of nitrogens with one attached hydrogen (secondary N) is 2. The average molecular weight is 185 g/mol. The molecule has 0 aromatic rings. The lowest BCUT2D eigenvalue weighted by molar-refractivity contribution is 0.0508. The number of hydrogen-bond acceptors (Lipinski definition) is 4. The summed E-state index contributed by atoms with van der Waals surface area (Å²) in [6.07, 6.45) is 1.09. The molecule has 3 N–H and O–H groups in total. The Morgan fingerprint density at radius 1 is 1.62 bits per heavy atom. The van der Waals surface area contributed by atoms with Gasteiger partial charge in [0.25, 0.3) is 0 Å². The van der Waals surface area contributed by atoms with E-state index in [1.54, 1.807) is 13.8 Å². The van der Waals surface area contributed by atoms with Gasteiger partial charge in [-0.25, -0.2) is 0 Å². The minimum Gasteiger partial charge on any atom is -0.388 e. The summed E-state index contributed by atoms with van der Waals surface area (Å²) in [7, 11) is 0. The molecular formula is C9H19N3O. The summed E-state index contributed by atoms with van der Waals surface area (Å²) in [6, 6.07) is -0.00292. The van der Waals surface area contributed by atoms with Crippen molar-refractivity contribution < 1.29 is 5.11 Å². The third kappa shape index (κ3) is 3.22. The Morgan fingerprint density at radius 3 is 2.77 bits per heavy atom. The molecule has 1 aliphatic heterocycles. The zero-order valence-corrected chi connectivity index (χ0v) is 8.59. The first kappa shape index (κ1) is 10.3. The summed E-state index contributed by atoms with van der Waals surface area (Å²) in [5.41, 5.74) is -0.721. The topological polar surface area (TPSA) is 56.7 Å². The predicted molar refractivity (Wildman–Crippen MR) is 53.8 cm³/mol. The molecular weight excluding hydrogens is 166 g/mol. The van der Waals surface area contributed by atoms with Gasteiger partial charge in [0.05, 0.1) is 11.6 Å². The third-order valence-electron chi connectivity index (χ3n) is 2.31. The molecule has 1 aliphatic rings. The highest BCUT2D eigenvalue weighted by atomic mass is 16.3. The smallest absolute Gasteiger partial charge is 0.191 e. The van der Waals surface area contributed by atoms with E-state index in [9.17, 15) is 5.11 Å². The number of nitrogens with zero attached hydrogens (tertiary/aromatic N) is 1. The van der Waals surface area contributed by atoms with Crippen LogP contribution >= 0.6 is 0 Å². The highest BCUT2D eigenvalue weighted by molar-refractivity contribution is 5.80. The number of hydrogen-bond donors (Lipinski definition) is 3. The molecule has 4 heteroatoms. The van der Waals surface area contributed by atoms with Gasteiger partial charge in [0.2, 0.25) is 0 Å². The molecule has 0 aromatic carbocycles. The van der Waals surface area contributed by atoms with Crippen LogP contribution in [-0.4, -0.2) is 35.8 Å². The highest BCUT2D eigenvalue weighted by Gasteiger charge is 2.23. The Kier molecular flexibility index (Phi) is 3.14. The summed E-state index contributed by atoms with van der Waals surface area (Å²) in [6.45, 7) is 7.35. The average Bonchev–Trinajstić information content (AvgIpc) is 2.04. The molecule has 0 aromatic heterocycles. The molecule has 0 saturated heterocycles. The van der Waals surface area contributed by atoms with Crippen molar-refractivity contribution in [1.29, 1.82) is 0 Å². The van der Waals surface area contributed by atoms with Gasteiger partial charge in [-0.1, -0.05) is 0 Å². The second-order valence-corrected chi connectivity index (χ2v) is 4.03. The van der Waals surface area contributed by atoms with Crippen molar-refractivity contribution in [1.82, 2.24) is 10.6 Å². The second kappa shape index (κ2) is 3.96. The lowest BCUT2D eigenvalue weighted by atomic mass is 10.0. The van der Waals surface area contributed by atoms with Gasteiger partial charge in [-0.2, -0.15) is 0 Å². The van der Waals surface area contributed by atoms with Gasteiger partial charge in [-0.05, 0) is 27.2 Å². The zero-order valence-electron chi connectivity index (χ0n) is 8.59. The molecule has 76 valence electrons. The van der Waals surface area contributed by atoms with Crippen molar-refractivity contribution in [3.8, 4) is 0 Å². The van der Waals surface area contributed by atoms with E-state index in [-0.39, 0.29) is 6.04 Å². The van der Waals surface area contributed by atoms with Crippen molar-refractivity contribution in [2.24, 2.45) is 4.99 Å². The lowest BCUT2D eigenvalue weighted by Gasteiger charge is -2.29. The Bertz CT molecular complexity index is 196. The molecule has 1 heterocycles. The van der Waals surface area contributed by atoms with E-state index in [0.29, 0.717) is 0 Å². The number of guanidine groups is 1. The van der Waals surface area contributed by atoms with Crippen LogP contribution < -0.4 is 10.6 Å². The van der Waals surface area contributed by atoms with Gasteiger partial charge in [0.15, 0.2) is 5.96 Å². The maximum absolute atomic E-state index is 9.67. The number of aliphatic hydroxyl groups is 1. The van der Waals surface area contributed by atoms with Gasteiger partial charge in [0.1, 0.15) is 0 Å². The van der Waals surface area contributed by atoms with Crippen LogP contribution in [0.2, 0.25) is 0 Å². The SMILES string of the molecule is CC(NC1=NCCCN1)C(C)(C)O. The van der Waals surface area contributed by atoms with Crippen LogP contribution in [0.5, 0.6) is 0 Å². The van der Waals surface area contributed by atoms with Crippen molar-refractivity contribution in [2.45, 2.75) is 38.8 Å². The largest absolute Gasteiger partial charge is 0.388 e. The van der Waals surface area contributed by atoms with Gasteiger partial charge in [-0.3, -0.25) is 4.99 Å². The maximum atomic E-state index is 9.67. The molecule has 0 spiro atoms. The molecule has 0 radical (unpaired) electrons. The summed E-state index contributed by atoms with van der Waals surface area (Å²) in [5, 5.41) is 16.0. The molecule has 0 bridgehead atoms. The fourth-order valence-corrected chi connectivity index (χ4v) is 1.01. The zero-order chi connectivity index (χ0) is 9.90. The van der Waals surface area contributed by atoms with E-state index >= 15 is 0 Å². The fraction of sp³-hybridized carbons (Fsp3) is 0.889. The lowest BCUT2D eigenvalue weighted by Crippen LogP contribution is -2.52. The molecule has 1 unspecified atom stereocenters. The normalized spacial score (nSPS) is 20.2. The quantitative estimate of drug-likeness (QED) is 0.571. The van der Waals surface area contributed by atoms with Crippen LogP contribution in [0.1, 0.15) is 27.2 Å². The first-order valence-corrected chi connectivity index (χ1v) is 4.77. The summed E-state index contributed by atoms with van der Waals surface area (Å²) < 4.78 is 0. The fourth-order valence-electron chi connectivity index (χ4n) is 1.01. The first-order valence-electron chi connectivity index (χ1n) is 4.77. The van der Waals surface area contributed by atoms with Crippen molar-refractivity contribution >= 4 is 5.96 Å². The summed E-state index contributed by atoms with van der Waals surface area (Å²) in [5.74, 6) is 0.806. The van der Waals surface area contributed by atoms with Crippen molar-refractivity contribution in [3.63, 3.8) is 0 Å². The van der Waals surface area contributed by atoms with Gasteiger partial charge in [-0.15, -0.1) is 0 Å². The van der Waals surface area contributed by atoms with E-state index < -0.39 is 5.60 Å². The minimum atomic E-state index is -0.721. The van der Waals surface area contributed by atoms with Crippen LogP contribution in [0.4, 0.5) is 0 Å².